The van der Waals surface area contributed by atoms with Crippen molar-refractivity contribution in [1.82, 2.24) is 5.43 Å². The smallest absolute Gasteiger partial charge is 0.0503 e. The third-order valence-electron chi connectivity index (χ3n) is 3.26. The lowest BCUT2D eigenvalue weighted by Crippen LogP contribution is -2.30. The first-order chi connectivity index (χ1) is 9.51. The molecule has 20 heavy (non-hydrogen) atoms. The molecule has 3 N–H and O–H groups in total. The molecule has 0 saturated heterocycles. The maximum Gasteiger partial charge on any atom is 0.0503 e. The number of aryl methyl sites for hydroxylation is 1. The van der Waals surface area contributed by atoms with E-state index in [-0.39, 0.29) is 6.04 Å². The summed E-state index contributed by atoms with van der Waals surface area (Å²) >= 11 is 15.7. The first kappa shape index (κ1) is 15.8. The van der Waals surface area contributed by atoms with Crippen LogP contribution in [0.25, 0.3) is 0 Å². The Hall–Kier alpha value is -0.580. The number of benzene rings is 2. The molecule has 2 aromatic carbocycles. The topological polar surface area (TPSA) is 38.0 Å². The van der Waals surface area contributed by atoms with Gasteiger partial charge < -0.3 is 0 Å². The SMILES string of the molecule is Cc1ccc(Cl)cc1C(Cc1ccc(Br)cc1Cl)NN. The van der Waals surface area contributed by atoms with Gasteiger partial charge in [0, 0.05) is 14.5 Å². The molecule has 2 nitrogen and oxygen atoms in total. The third-order valence-corrected chi connectivity index (χ3v) is 4.34. The van der Waals surface area contributed by atoms with E-state index in [1.54, 1.807) is 0 Å². The first-order valence-corrected chi connectivity index (χ1v) is 7.72. The summed E-state index contributed by atoms with van der Waals surface area (Å²) in [6.07, 6.45) is 0.698. The van der Waals surface area contributed by atoms with Gasteiger partial charge in [-0.25, -0.2) is 0 Å². The van der Waals surface area contributed by atoms with Crippen molar-refractivity contribution in [3.63, 3.8) is 0 Å². The molecule has 2 aromatic rings. The molecule has 0 bridgehead atoms. The molecule has 1 unspecified atom stereocenters. The normalized spacial score (nSPS) is 12.4. The quantitative estimate of drug-likeness (QED) is 0.596. The van der Waals surface area contributed by atoms with Crippen molar-refractivity contribution in [2.75, 3.05) is 0 Å². The lowest BCUT2D eigenvalue weighted by atomic mass is 9.96. The second-order valence-corrected chi connectivity index (χ2v) is 6.42. The number of hydrogen-bond donors (Lipinski definition) is 2. The molecular weight excluding hydrogens is 359 g/mol. The Kier molecular flexibility index (Phi) is 5.47. The van der Waals surface area contributed by atoms with Crippen molar-refractivity contribution < 1.29 is 0 Å². The molecule has 0 fully saturated rings. The molecule has 0 spiro atoms. The van der Waals surface area contributed by atoms with Crippen molar-refractivity contribution in [2.24, 2.45) is 5.84 Å². The van der Waals surface area contributed by atoms with Gasteiger partial charge in [-0.3, -0.25) is 11.3 Å². The maximum absolute atomic E-state index is 6.26. The largest absolute Gasteiger partial charge is 0.271 e. The number of halogens is 3. The fourth-order valence-electron chi connectivity index (χ4n) is 2.15. The molecule has 106 valence electrons. The second-order valence-electron chi connectivity index (χ2n) is 4.66. The molecule has 0 aliphatic heterocycles. The van der Waals surface area contributed by atoms with Crippen LogP contribution in [0.2, 0.25) is 10.0 Å². The van der Waals surface area contributed by atoms with Crippen molar-refractivity contribution >= 4 is 39.1 Å². The fourth-order valence-corrected chi connectivity index (χ4v) is 3.08. The summed E-state index contributed by atoms with van der Waals surface area (Å²) in [6, 6.07) is 11.6. The van der Waals surface area contributed by atoms with Crippen LogP contribution in [0, 0.1) is 6.92 Å². The Balaban J connectivity index is 2.31. The summed E-state index contributed by atoms with van der Waals surface area (Å²) < 4.78 is 0.961. The number of nitrogens with one attached hydrogen (secondary N) is 1. The van der Waals surface area contributed by atoms with E-state index in [9.17, 15) is 0 Å². The van der Waals surface area contributed by atoms with E-state index in [0.717, 1.165) is 26.2 Å². The molecule has 0 radical (unpaired) electrons. The minimum absolute atomic E-state index is 0.0348. The zero-order chi connectivity index (χ0) is 14.7. The summed E-state index contributed by atoms with van der Waals surface area (Å²) in [6.45, 7) is 2.04. The molecule has 5 heteroatoms. The van der Waals surface area contributed by atoms with Gasteiger partial charge in [-0.1, -0.05) is 51.3 Å². The van der Waals surface area contributed by atoms with E-state index in [2.05, 4.69) is 21.4 Å². The minimum atomic E-state index is -0.0348. The average Bonchev–Trinajstić information content (AvgIpc) is 2.41. The standard InChI is InChI=1S/C15H15BrCl2N2/c1-9-2-5-12(17)8-13(9)15(20-19)6-10-3-4-11(16)7-14(10)18/h2-5,7-8,15,20H,6,19H2,1H3. The third kappa shape index (κ3) is 3.74. The van der Waals surface area contributed by atoms with Crippen LogP contribution in [0.15, 0.2) is 40.9 Å². The van der Waals surface area contributed by atoms with E-state index in [4.69, 9.17) is 29.0 Å². The van der Waals surface area contributed by atoms with Crippen LogP contribution in [-0.4, -0.2) is 0 Å². The molecule has 0 amide bonds. The highest BCUT2D eigenvalue weighted by Gasteiger charge is 2.15. The van der Waals surface area contributed by atoms with E-state index in [1.165, 1.54) is 0 Å². The molecule has 2 rings (SSSR count). The van der Waals surface area contributed by atoms with Gasteiger partial charge in [0.2, 0.25) is 0 Å². The average molecular weight is 374 g/mol. The van der Waals surface area contributed by atoms with Crippen molar-refractivity contribution in [3.05, 3.63) is 67.6 Å². The Labute approximate surface area is 137 Å². The first-order valence-electron chi connectivity index (χ1n) is 6.17. The molecule has 0 saturated carbocycles. The van der Waals surface area contributed by atoms with E-state index >= 15 is 0 Å². The van der Waals surface area contributed by atoms with Gasteiger partial charge in [0.15, 0.2) is 0 Å². The predicted molar refractivity (Wildman–Crippen MR) is 89.1 cm³/mol. The van der Waals surface area contributed by atoms with Gasteiger partial charge in [0.25, 0.3) is 0 Å². The molecule has 1 atom stereocenters. The van der Waals surface area contributed by atoms with E-state index in [1.807, 2.05) is 43.3 Å². The van der Waals surface area contributed by atoms with E-state index in [0.29, 0.717) is 11.4 Å². The van der Waals surface area contributed by atoms with Crippen LogP contribution < -0.4 is 11.3 Å². The van der Waals surface area contributed by atoms with Crippen molar-refractivity contribution in [2.45, 2.75) is 19.4 Å². The van der Waals surface area contributed by atoms with Crippen LogP contribution in [0.3, 0.4) is 0 Å². The highest BCUT2D eigenvalue weighted by molar-refractivity contribution is 9.10. The highest BCUT2D eigenvalue weighted by Crippen LogP contribution is 2.28. The molecule has 0 aliphatic rings. The summed E-state index contributed by atoms with van der Waals surface area (Å²) in [5.74, 6) is 5.71. The van der Waals surface area contributed by atoms with Crippen molar-refractivity contribution in [3.8, 4) is 0 Å². The van der Waals surface area contributed by atoms with Crippen LogP contribution >= 0.6 is 39.1 Å². The second kappa shape index (κ2) is 6.92. The lowest BCUT2D eigenvalue weighted by molar-refractivity contribution is 0.549. The number of nitrogens with two attached hydrogens (primary N) is 1. The Morgan fingerprint density at radius 2 is 1.95 bits per heavy atom. The van der Waals surface area contributed by atoms with Gasteiger partial charge in [0.1, 0.15) is 0 Å². The monoisotopic (exact) mass is 372 g/mol. The zero-order valence-corrected chi connectivity index (χ0v) is 14.1. The molecular formula is C15H15BrCl2N2. The molecule has 0 aliphatic carbocycles. The molecule has 0 aromatic heterocycles. The minimum Gasteiger partial charge on any atom is -0.271 e. The Morgan fingerprint density at radius 3 is 2.60 bits per heavy atom. The number of rotatable bonds is 4. The van der Waals surface area contributed by atoms with Crippen LogP contribution in [-0.2, 0) is 6.42 Å². The lowest BCUT2D eigenvalue weighted by Gasteiger charge is -2.19. The number of hydrogen-bond acceptors (Lipinski definition) is 2. The van der Waals surface area contributed by atoms with Crippen LogP contribution in [0.4, 0.5) is 0 Å². The van der Waals surface area contributed by atoms with Gasteiger partial charge >= 0.3 is 0 Å². The fraction of sp³-hybridized carbons (Fsp3) is 0.200. The summed E-state index contributed by atoms with van der Waals surface area (Å²) in [4.78, 5) is 0. The Morgan fingerprint density at radius 1 is 1.20 bits per heavy atom. The predicted octanol–water partition coefficient (Wildman–Crippen LogP) is 4.81. The van der Waals surface area contributed by atoms with Crippen LogP contribution in [0.5, 0.6) is 0 Å². The Bertz CT molecular complexity index is 617. The maximum atomic E-state index is 6.26. The van der Waals surface area contributed by atoms with E-state index < -0.39 is 0 Å². The summed E-state index contributed by atoms with van der Waals surface area (Å²) in [5, 5.41) is 1.42. The highest BCUT2D eigenvalue weighted by atomic mass is 79.9. The molecule has 0 heterocycles. The van der Waals surface area contributed by atoms with Gasteiger partial charge in [-0.15, -0.1) is 0 Å². The summed E-state index contributed by atoms with van der Waals surface area (Å²) in [7, 11) is 0. The summed E-state index contributed by atoms with van der Waals surface area (Å²) in [5.41, 5.74) is 6.11. The zero-order valence-electron chi connectivity index (χ0n) is 11.0. The van der Waals surface area contributed by atoms with Gasteiger partial charge in [-0.2, -0.15) is 0 Å². The van der Waals surface area contributed by atoms with Gasteiger partial charge in [0.05, 0.1) is 6.04 Å². The van der Waals surface area contributed by atoms with Crippen LogP contribution in [0.1, 0.15) is 22.7 Å². The number of hydrazine groups is 1. The van der Waals surface area contributed by atoms with Crippen molar-refractivity contribution in [1.29, 1.82) is 0 Å². The van der Waals surface area contributed by atoms with Gasteiger partial charge in [-0.05, 0) is 54.3 Å².